The average Bonchev–Trinajstić information content (AvgIpc) is 2.40. The summed E-state index contributed by atoms with van der Waals surface area (Å²) in [5, 5.41) is 0. The third kappa shape index (κ3) is 3.86. The molecular weight excluding hydrogens is 294 g/mol. The molecule has 1 saturated heterocycles. The molecule has 0 aliphatic carbocycles. The van der Waals surface area contributed by atoms with Gasteiger partial charge in [0.1, 0.15) is 13.7 Å². The van der Waals surface area contributed by atoms with Crippen LogP contribution < -0.4 is 4.90 Å². The quantitative estimate of drug-likeness (QED) is 0.590. The first-order valence-electron chi connectivity index (χ1n) is 7.44. The Bertz CT molecular complexity index is 624. The van der Waals surface area contributed by atoms with Crippen LogP contribution in [0, 0.1) is 17.4 Å². The number of rotatable bonds is 1. The highest BCUT2D eigenvalue weighted by molar-refractivity contribution is 6.83. The minimum Gasteiger partial charge on any atom is -0.443 e. The maximum atomic E-state index is 12.1. The van der Waals surface area contributed by atoms with Crippen LogP contribution in [-0.2, 0) is 4.74 Å². The van der Waals surface area contributed by atoms with E-state index in [0.29, 0.717) is 12.5 Å². The summed E-state index contributed by atoms with van der Waals surface area (Å²) in [4.78, 5) is 22.1. The Labute approximate surface area is 133 Å². The van der Waals surface area contributed by atoms with Crippen molar-refractivity contribution in [3.05, 3.63) is 18.0 Å². The second-order valence-corrected chi connectivity index (χ2v) is 12.0. The summed E-state index contributed by atoms with van der Waals surface area (Å²) < 4.78 is 5.46. The number of hydrogen-bond acceptors (Lipinski definition) is 4. The van der Waals surface area contributed by atoms with Crippen molar-refractivity contribution in [3.8, 4) is 11.5 Å². The molecule has 22 heavy (non-hydrogen) atoms. The molecule has 6 heteroatoms. The minimum atomic E-state index is -1.42. The third-order valence-electron chi connectivity index (χ3n) is 3.68. The molecule has 1 aliphatic rings. The Morgan fingerprint density at radius 3 is 2.45 bits per heavy atom. The van der Waals surface area contributed by atoms with Gasteiger partial charge in [0.05, 0.1) is 5.56 Å². The standard InChI is InChI=1S/C16H23N3O2Si/c1-12-11-19(15(20)21-16(12,2)3)14-17-9-13(10-18-14)7-8-22(4,5)6/h9-10,12H,11H2,1-6H3. The molecule has 118 valence electrons. The van der Waals surface area contributed by atoms with E-state index in [4.69, 9.17) is 4.74 Å². The van der Waals surface area contributed by atoms with E-state index in [-0.39, 0.29) is 5.92 Å². The molecule has 1 aliphatic heterocycles. The van der Waals surface area contributed by atoms with Gasteiger partial charge < -0.3 is 4.74 Å². The van der Waals surface area contributed by atoms with Crippen LogP contribution in [0.4, 0.5) is 10.7 Å². The molecule has 1 aromatic rings. The molecule has 1 atom stereocenters. The van der Waals surface area contributed by atoms with Gasteiger partial charge in [0.15, 0.2) is 0 Å². The van der Waals surface area contributed by atoms with Crippen LogP contribution in [0.2, 0.25) is 19.6 Å². The van der Waals surface area contributed by atoms with Crippen molar-refractivity contribution in [2.75, 3.05) is 11.4 Å². The van der Waals surface area contributed by atoms with Gasteiger partial charge in [-0.05, 0) is 13.8 Å². The minimum absolute atomic E-state index is 0.195. The van der Waals surface area contributed by atoms with Gasteiger partial charge >= 0.3 is 6.09 Å². The second-order valence-electron chi connectivity index (χ2n) is 7.25. The van der Waals surface area contributed by atoms with Gasteiger partial charge in [-0.2, -0.15) is 0 Å². The van der Waals surface area contributed by atoms with E-state index in [0.717, 1.165) is 5.56 Å². The molecule has 5 nitrogen and oxygen atoms in total. The highest BCUT2D eigenvalue weighted by atomic mass is 28.3. The monoisotopic (exact) mass is 317 g/mol. The summed E-state index contributed by atoms with van der Waals surface area (Å²) in [6, 6.07) is 0. The molecular formula is C16H23N3O2Si. The van der Waals surface area contributed by atoms with Crippen molar-refractivity contribution < 1.29 is 9.53 Å². The maximum Gasteiger partial charge on any atom is 0.417 e. The molecule has 1 fully saturated rings. The smallest absolute Gasteiger partial charge is 0.417 e. The normalized spacial score (nSPS) is 20.9. The number of aromatic nitrogens is 2. The fraction of sp³-hybridized carbons (Fsp3) is 0.562. The van der Waals surface area contributed by atoms with E-state index < -0.39 is 19.8 Å². The van der Waals surface area contributed by atoms with E-state index in [2.05, 4.69) is 41.1 Å². The summed E-state index contributed by atoms with van der Waals surface area (Å²) in [6.45, 7) is 13.0. The summed E-state index contributed by atoms with van der Waals surface area (Å²) >= 11 is 0. The van der Waals surface area contributed by atoms with Gasteiger partial charge in [-0.15, -0.1) is 5.54 Å². The molecule has 1 aromatic heterocycles. The van der Waals surface area contributed by atoms with Crippen LogP contribution >= 0.6 is 0 Å². The number of amides is 1. The first-order valence-corrected chi connectivity index (χ1v) is 10.9. The van der Waals surface area contributed by atoms with Crippen molar-refractivity contribution in [3.63, 3.8) is 0 Å². The lowest BCUT2D eigenvalue weighted by Gasteiger charge is -2.40. The second kappa shape index (κ2) is 5.73. The first-order chi connectivity index (χ1) is 10.1. The zero-order valence-electron chi connectivity index (χ0n) is 14.1. The molecule has 1 unspecified atom stereocenters. The molecule has 2 rings (SSSR count). The van der Waals surface area contributed by atoms with Crippen LogP contribution in [0.25, 0.3) is 0 Å². The zero-order valence-corrected chi connectivity index (χ0v) is 15.1. The van der Waals surface area contributed by atoms with Crippen LogP contribution in [0.15, 0.2) is 12.4 Å². The van der Waals surface area contributed by atoms with Crippen molar-refractivity contribution in [2.45, 2.75) is 46.0 Å². The van der Waals surface area contributed by atoms with Crippen LogP contribution in [0.5, 0.6) is 0 Å². The number of cyclic esters (lactones) is 1. The van der Waals surface area contributed by atoms with Gasteiger partial charge in [0.25, 0.3) is 0 Å². The van der Waals surface area contributed by atoms with Crippen LogP contribution in [-0.4, -0.2) is 36.3 Å². The van der Waals surface area contributed by atoms with Crippen molar-refractivity contribution in [2.24, 2.45) is 5.92 Å². The predicted molar refractivity (Wildman–Crippen MR) is 89.3 cm³/mol. The number of hydrogen-bond donors (Lipinski definition) is 0. The zero-order chi connectivity index (χ0) is 16.5. The van der Waals surface area contributed by atoms with E-state index in [1.54, 1.807) is 12.4 Å². The Morgan fingerprint density at radius 1 is 1.32 bits per heavy atom. The topological polar surface area (TPSA) is 55.3 Å². The molecule has 0 radical (unpaired) electrons. The van der Waals surface area contributed by atoms with Crippen LogP contribution in [0.3, 0.4) is 0 Å². The van der Waals surface area contributed by atoms with E-state index >= 15 is 0 Å². The lowest BCUT2D eigenvalue weighted by atomic mass is 9.91. The Morgan fingerprint density at radius 2 is 1.91 bits per heavy atom. The SMILES string of the molecule is CC1CN(c2ncc(C#C[Si](C)(C)C)cn2)C(=O)OC1(C)C. The number of carbonyl (C=O) groups excluding carboxylic acids is 1. The summed E-state index contributed by atoms with van der Waals surface area (Å²) in [6.07, 6.45) is 2.92. The number of carbonyl (C=O) groups is 1. The van der Waals surface area contributed by atoms with Gasteiger partial charge in [-0.3, -0.25) is 0 Å². The summed E-state index contributed by atoms with van der Waals surface area (Å²) in [7, 11) is -1.42. The molecule has 0 bridgehead atoms. The van der Waals surface area contributed by atoms with Gasteiger partial charge in [0.2, 0.25) is 5.95 Å². The van der Waals surface area contributed by atoms with Crippen molar-refractivity contribution in [1.82, 2.24) is 9.97 Å². The van der Waals surface area contributed by atoms with Crippen molar-refractivity contribution >= 4 is 20.1 Å². The van der Waals surface area contributed by atoms with Gasteiger partial charge in [0, 0.05) is 24.9 Å². The largest absolute Gasteiger partial charge is 0.443 e. The highest BCUT2D eigenvalue weighted by Crippen LogP contribution is 2.29. The number of anilines is 1. The first kappa shape index (κ1) is 16.5. The fourth-order valence-corrected chi connectivity index (χ4v) is 2.42. The summed E-state index contributed by atoms with van der Waals surface area (Å²) in [5.74, 6) is 3.66. The van der Waals surface area contributed by atoms with Gasteiger partial charge in [-0.1, -0.05) is 32.5 Å². The number of ether oxygens (including phenoxy) is 1. The highest BCUT2D eigenvalue weighted by Gasteiger charge is 2.40. The molecule has 0 aromatic carbocycles. The molecule has 1 amide bonds. The predicted octanol–water partition coefficient (Wildman–Crippen LogP) is 3.08. The molecule has 0 spiro atoms. The molecule has 0 N–H and O–H groups in total. The molecule has 2 heterocycles. The fourth-order valence-electron chi connectivity index (χ4n) is 1.90. The Hall–Kier alpha value is -1.87. The Kier molecular flexibility index (Phi) is 4.29. The molecule has 0 saturated carbocycles. The van der Waals surface area contributed by atoms with Crippen molar-refractivity contribution in [1.29, 1.82) is 0 Å². The van der Waals surface area contributed by atoms with Gasteiger partial charge in [-0.25, -0.2) is 19.7 Å². The maximum absolute atomic E-state index is 12.1. The van der Waals surface area contributed by atoms with E-state index in [1.165, 1.54) is 4.90 Å². The third-order valence-corrected chi connectivity index (χ3v) is 4.55. The lowest BCUT2D eigenvalue weighted by molar-refractivity contribution is -0.0127. The van der Waals surface area contributed by atoms with E-state index in [1.807, 2.05) is 20.8 Å². The lowest BCUT2D eigenvalue weighted by Crippen LogP contribution is -2.52. The average molecular weight is 317 g/mol. The summed E-state index contributed by atoms with van der Waals surface area (Å²) in [5.41, 5.74) is 3.57. The Balaban J connectivity index is 2.17. The van der Waals surface area contributed by atoms with E-state index in [9.17, 15) is 4.79 Å². The number of nitrogens with zero attached hydrogens (tertiary/aromatic N) is 3. The van der Waals surface area contributed by atoms with Crippen LogP contribution in [0.1, 0.15) is 26.3 Å².